The Morgan fingerprint density at radius 2 is 2.28 bits per heavy atom. The van der Waals surface area contributed by atoms with Gasteiger partial charge in [-0.1, -0.05) is 35.3 Å². The van der Waals surface area contributed by atoms with Crippen molar-refractivity contribution >= 4 is 15.9 Å². The van der Waals surface area contributed by atoms with E-state index in [1.807, 2.05) is 24.3 Å². The molecule has 0 amide bonds. The van der Waals surface area contributed by atoms with Crippen LogP contribution in [0.15, 0.2) is 28.7 Å². The number of hydrogen-bond donors (Lipinski definition) is 1. The van der Waals surface area contributed by atoms with Crippen LogP contribution < -0.4 is 10.1 Å². The van der Waals surface area contributed by atoms with Gasteiger partial charge in [-0.25, -0.2) is 0 Å². The number of benzene rings is 1. The SMILES string of the molecule is CC(CCOc1cccc(Br)c1)CNC1CCC1. The average molecular weight is 312 g/mol. The minimum Gasteiger partial charge on any atom is -0.494 e. The van der Waals surface area contributed by atoms with Crippen molar-refractivity contribution in [3.8, 4) is 5.75 Å². The summed E-state index contributed by atoms with van der Waals surface area (Å²) in [5.41, 5.74) is 0. The summed E-state index contributed by atoms with van der Waals surface area (Å²) in [6.45, 7) is 4.20. The lowest BCUT2D eigenvalue weighted by atomic mass is 9.92. The molecule has 1 aromatic carbocycles. The first kappa shape index (κ1) is 13.9. The zero-order valence-electron chi connectivity index (χ0n) is 11.0. The van der Waals surface area contributed by atoms with Crippen LogP contribution in [0.25, 0.3) is 0 Å². The van der Waals surface area contributed by atoms with E-state index in [0.717, 1.165) is 35.8 Å². The smallest absolute Gasteiger partial charge is 0.120 e. The Hall–Kier alpha value is -0.540. The number of rotatable bonds is 7. The number of halogens is 1. The first-order chi connectivity index (χ1) is 8.74. The van der Waals surface area contributed by atoms with E-state index in [4.69, 9.17) is 4.74 Å². The maximum absolute atomic E-state index is 5.75. The summed E-state index contributed by atoms with van der Waals surface area (Å²) in [5.74, 6) is 1.63. The monoisotopic (exact) mass is 311 g/mol. The van der Waals surface area contributed by atoms with E-state index < -0.39 is 0 Å². The van der Waals surface area contributed by atoms with Crippen LogP contribution in [0.3, 0.4) is 0 Å². The molecule has 2 nitrogen and oxygen atoms in total. The third-order valence-electron chi connectivity index (χ3n) is 3.54. The Morgan fingerprint density at radius 1 is 1.44 bits per heavy atom. The summed E-state index contributed by atoms with van der Waals surface area (Å²) >= 11 is 3.45. The molecule has 1 aliphatic carbocycles. The van der Waals surface area contributed by atoms with Crippen molar-refractivity contribution < 1.29 is 4.74 Å². The molecule has 0 bridgehead atoms. The van der Waals surface area contributed by atoms with E-state index in [1.165, 1.54) is 19.3 Å². The van der Waals surface area contributed by atoms with Crippen LogP contribution in [0, 0.1) is 5.92 Å². The summed E-state index contributed by atoms with van der Waals surface area (Å²) < 4.78 is 6.82. The van der Waals surface area contributed by atoms with E-state index in [1.54, 1.807) is 0 Å². The summed E-state index contributed by atoms with van der Waals surface area (Å²) in [7, 11) is 0. The highest BCUT2D eigenvalue weighted by molar-refractivity contribution is 9.10. The zero-order valence-corrected chi connectivity index (χ0v) is 12.6. The van der Waals surface area contributed by atoms with Crippen molar-refractivity contribution in [3.63, 3.8) is 0 Å². The fourth-order valence-electron chi connectivity index (χ4n) is 2.02. The van der Waals surface area contributed by atoms with Gasteiger partial charge in [0.2, 0.25) is 0 Å². The molecule has 0 spiro atoms. The lowest BCUT2D eigenvalue weighted by molar-refractivity contribution is 0.265. The minimum absolute atomic E-state index is 0.678. The largest absolute Gasteiger partial charge is 0.494 e. The molecule has 0 radical (unpaired) electrons. The second-order valence-corrected chi connectivity index (χ2v) is 6.15. The van der Waals surface area contributed by atoms with E-state index in [0.29, 0.717) is 5.92 Å². The molecule has 2 rings (SSSR count). The lowest BCUT2D eigenvalue weighted by Crippen LogP contribution is -2.37. The van der Waals surface area contributed by atoms with Crippen molar-refractivity contribution in [1.29, 1.82) is 0 Å². The van der Waals surface area contributed by atoms with Crippen molar-refractivity contribution in [2.75, 3.05) is 13.2 Å². The van der Waals surface area contributed by atoms with Crippen LogP contribution in [0.4, 0.5) is 0 Å². The average Bonchev–Trinajstić information content (AvgIpc) is 2.27. The van der Waals surface area contributed by atoms with E-state index in [-0.39, 0.29) is 0 Å². The predicted molar refractivity (Wildman–Crippen MR) is 79.1 cm³/mol. The number of hydrogen-bond acceptors (Lipinski definition) is 2. The van der Waals surface area contributed by atoms with Gasteiger partial charge in [-0.3, -0.25) is 0 Å². The van der Waals surface area contributed by atoms with E-state index >= 15 is 0 Å². The van der Waals surface area contributed by atoms with Crippen LogP contribution in [-0.4, -0.2) is 19.2 Å². The summed E-state index contributed by atoms with van der Waals surface area (Å²) in [6, 6.07) is 8.82. The highest BCUT2D eigenvalue weighted by Gasteiger charge is 2.16. The first-order valence-electron chi connectivity index (χ1n) is 6.86. The van der Waals surface area contributed by atoms with Crippen LogP contribution in [-0.2, 0) is 0 Å². The molecule has 0 saturated heterocycles. The highest BCUT2D eigenvalue weighted by atomic mass is 79.9. The molecule has 0 aromatic heterocycles. The van der Waals surface area contributed by atoms with Crippen LogP contribution in [0.2, 0.25) is 0 Å². The second kappa shape index (κ2) is 7.15. The molecule has 1 atom stereocenters. The predicted octanol–water partition coefficient (Wildman–Crippen LogP) is 4.00. The van der Waals surface area contributed by atoms with E-state index in [9.17, 15) is 0 Å². The van der Waals surface area contributed by atoms with Crippen LogP contribution >= 0.6 is 15.9 Å². The number of ether oxygens (including phenoxy) is 1. The molecule has 0 aliphatic heterocycles. The topological polar surface area (TPSA) is 21.3 Å². The molecule has 1 unspecified atom stereocenters. The third kappa shape index (κ3) is 4.62. The van der Waals surface area contributed by atoms with Gasteiger partial charge in [0.25, 0.3) is 0 Å². The molecular formula is C15H22BrNO. The molecule has 1 saturated carbocycles. The van der Waals surface area contributed by atoms with Gasteiger partial charge in [-0.15, -0.1) is 0 Å². The molecule has 0 heterocycles. The first-order valence-corrected chi connectivity index (χ1v) is 7.65. The fourth-order valence-corrected chi connectivity index (χ4v) is 2.40. The summed E-state index contributed by atoms with van der Waals surface area (Å²) in [5, 5.41) is 3.61. The third-order valence-corrected chi connectivity index (χ3v) is 4.03. The molecule has 18 heavy (non-hydrogen) atoms. The zero-order chi connectivity index (χ0) is 12.8. The standard InChI is InChI=1S/C15H22BrNO/c1-12(11-17-14-5-3-6-14)8-9-18-15-7-2-4-13(16)10-15/h2,4,7,10,12,14,17H,3,5-6,8-9,11H2,1H3. The molecule has 100 valence electrons. The van der Waals surface area contributed by atoms with Gasteiger partial charge in [-0.2, -0.15) is 0 Å². The molecule has 1 N–H and O–H groups in total. The van der Waals surface area contributed by atoms with Crippen molar-refractivity contribution in [1.82, 2.24) is 5.32 Å². The molecular weight excluding hydrogens is 290 g/mol. The van der Waals surface area contributed by atoms with Crippen molar-refractivity contribution in [3.05, 3.63) is 28.7 Å². The molecule has 3 heteroatoms. The number of nitrogens with one attached hydrogen (secondary N) is 1. The maximum Gasteiger partial charge on any atom is 0.120 e. The minimum atomic E-state index is 0.678. The maximum atomic E-state index is 5.75. The molecule has 1 aromatic rings. The Morgan fingerprint density at radius 3 is 2.94 bits per heavy atom. The Kier molecular flexibility index (Phi) is 5.51. The van der Waals surface area contributed by atoms with Gasteiger partial charge in [0.15, 0.2) is 0 Å². The van der Waals surface area contributed by atoms with Crippen molar-refractivity contribution in [2.24, 2.45) is 5.92 Å². The van der Waals surface area contributed by atoms with Gasteiger partial charge in [0, 0.05) is 10.5 Å². The Labute approximate surface area is 118 Å². The second-order valence-electron chi connectivity index (χ2n) is 5.24. The quantitative estimate of drug-likeness (QED) is 0.822. The van der Waals surface area contributed by atoms with Gasteiger partial charge in [-0.05, 0) is 49.9 Å². The fraction of sp³-hybridized carbons (Fsp3) is 0.600. The van der Waals surface area contributed by atoms with Crippen LogP contribution in [0.1, 0.15) is 32.6 Å². The van der Waals surface area contributed by atoms with Gasteiger partial charge < -0.3 is 10.1 Å². The molecule has 1 fully saturated rings. The van der Waals surface area contributed by atoms with Gasteiger partial charge in [0.1, 0.15) is 5.75 Å². The lowest BCUT2D eigenvalue weighted by Gasteiger charge is -2.28. The highest BCUT2D eigenvalue weighted by Crippen LogP contribution is 2.19. The van der Waals surface area contributed by atoms with E-state index in [2.05, 4.69) is 28.2 Å². The van der Waals surface area contributed by atoms with Crippen molar-refractivity contribution in [2.45, 2.75) is 38.6 Å². The normalized spacial score (nSPS) is 17.2. The van der Waals surface area contributed by atoms with Crippen LogP contribution in [0.5, 0.6) is 5.75 Å². The van der Waals surface area contributed by atoms with Gasteiger partial charge in [0.05, 0.1) is 6.61 Å². The Bertz CT molecular complexity index is 365. The van der Waals surface area contributed by atoms with Gasteiger partial charge >= 0.3 is 0 Å². The summed E-state index contributed by atoms with van der Waals surface area (Å²) in [4.78, 5) is 0. The Balaban J connectivity index is 1.59. The summed E-state index contributed by atoms with van der Waals surface area (Å²) in [6.07, 6.45) is 5.23. The molecule has 1 aliphatic rings.